The molecule has 0 aliphatic rings. The number of hydrogen-bond acceptors (Lipinski definition) is 8. The molecule has 2 heterocycles. The predicted molar refractivity (Wildman–Crippen MR) is 94.8 cm³/mol. The molecule has 1 aromatic carbocycles. The van der Waals surface area contributed by atoms with Gasteiger partial charge in [-0.25, -0.2) is 18.2 Å². The number of anilines is 1. The fourth-order valence-corrected chi connectivity index (χ4v) is 3.75. The Morgan fingerprint density at radius 3 is 2.47 bits per heavy atom. The maximum Gasteiger partial charge on any atom is 0.319 e. The third-order valence-corrected chi connectivity index (χ3v) is 5.15. The van der Waals surface area contributed by atoms with E-state index in [-0.39, 0.29) is 16.9 Å². The molecule has 0 aliphatic heterocycles. The number of aromatic nitrogens is 4. The summed E-state index contributed by atoms with van der Waals surface area (Å²) in [7, 11) is -4.02. The summed E-state index contributed by atoms with van der Waals surface area (Å²) in [6.45, 7) is 0.854. The minimum atomic E-state index is -5.10. The second kappa shape index (κ2) is 8.23. The van der Waals surface area contributed by atoms with Crippen molar-refractivity contribution in [3.8, 4) is 6.01 Å². The molecule has 0 atom stereocenters. The van der Waals surface area contributed by atoms with E-state index in [2.05, 4.69) is 19.8 Å². The van der Waals surface area contributed by atoms with Crippen LogP contribution in [0.5, 0.6) is 6.01 Å². The maximum absolute atomic E-state index is 14.3. The number of rotatable bonds is 7. The Kier molecular flexibility index (Phi) is 5.89. The molecule has 0 saturated carbocycles. The molecule has 0 N–H and O–H groups in total. The number of fused-ring (bicyclic) bond motifs is 1. The quantitative estimate of drug-likeness (QED) is 0.535. The van der Waals surface area contributed by atoms with E-state index < -0.39 is 56.5 Å². The fraction of sp³-hybridized carbons (Fsp3) is 0.250. The van der Waals surface area contributed by atoms with Crippen molar-refractivity contribution in [2.45, 2.75) is 12.1 Å². The highest BCUT2D eigenvalue weighted by atomic mass is 32.2. The standard InChI is InChI=1S/C16H14F3N5O5S/c1-3-29-16-20-7-11(19)14-21-15(22-23(14)16)30(26,27)24(12(25)8-28-2)13-9(17)5-4-6-10(13)18/h4-7H,3,8H2,1-2H3. The zero-order chi connectivity index (χ0) is 22.1. The summed E-state index contributed by atoms with van der Waals surface area (Å²) >= 11 is 0. The minimum Gasteiger partial charge on any atom is -0.464 e. The van der Waals surface area contributed by atoms with Crippen LogP contribution in [-0.4, -0.2) is 54.2 Å². The van der Waals surface area contributed by atoms with Crippen molar-refractivity contribution in [3.63, 3.8) is 0 Å². The van der Waals surface area contributed by atoms with Crippen LogP contribution in [0.1, 0.15) is 6.92 Å². The van der Waals surface area contributed by atoms with E-state index in [1.807, 2.05) is 0 Å². The molecule has 3 aromatic rings. The van der Waals surface area contributed by atoms with Crippen LogP contribution in [0.3, 0.4) is 0 Å². The van der Waals surface area contributed by atoms with Crippen molar-refractivity contribution >= 4 is 27.3 Å². The first kappa shape index (κ1) is 21.4. The Morgan fingerprint density at radius 2 is 1.87 bits per heavy atom. The van der Waals surface area contributed by atoms with Gasteiger partial charge in [0, 0.05) is 7.11 Å². The van der Waals surface area contributed by atoms with Gasteiger partial charge in [-0.3, -0.25) is 4.79 Å². The first-order valence-corrected chi connectivity index (χ1v) is 9.71. The number of halogens is 3. The van der Waals surface area contributed by atoms with E-state index in [9.17, 15) is 26.4 Å². The third kappa shape index (κ3) is 3.66. The molecule has 1 amide bonds. The van der Waals surface area contributed by atoms with Crippen LogP contribution in [0.15, 0.2) is 29.6 Å². The van der Waals surface area contributed by atoms with Crippen LogP contribution in [-0.2, 0) is 19.6 Å². The van der Waals surface area contributed by atoms with Crippen LogP contribution >= 0.6 is 0 Å². The lowest BCUT2D eigenvalue weighted by Gasteiger charge is -2.21. The minimum absolute atomic E-state index is 0.0918. The molecule has 160 valence electrons. The predicted octanol–water partition coefficient (Wildman–Crippen LogP) is 1.31. The first-order chi connectivity index (χ1) is 14.2. The molecular formula is C16H14F3N5O5S. The summed E-state index contributed by atoms with van der Waals surface area (Å²) < 4.78 is 79.1. The van der Waals surface area contributed by atoms with Crippen molar-refractivity contribution in [2.24, 2.45) is 0 Å². The van der Waals surface area contributed by atoms with E-state index in [0.717, 1.165) is 31.5 Å². The Morgan fingerprint density at radius 1 is 1.20 bits per heavy atom. The van der Waals surface area contributed by atoms with E-state index in [1.54, 1.807) is 6.92 Å². The third-order valence-electron chi connectivity index (χ3n) is 3.65. The highest BCUT2D eigenvalue weighted by Gasteiger charge is 2.38. The van der Waals surface area contributed by atoms with Crippen molar-refractivity contribution in [3.05, 3.63) is 41.8 Å². The summed E-state index contributed by atoms with van der Waals surface area (Å²) in [5, 5.41) is 2.51. The van der Waals surface area contributed by atoms with E-state index in [4.69, 9.17) is 4.74 Å². The van der Waals surface area contributed by atoms with Crippen molar-refractivity contribution in [1.29, 1.82) is 0 Å². The Labute approximate surface area is 167 Å². The molecule has 0 fully saturated rings. The summed E-state index contributed by atoms with van der Waals surface area (Å²) in [5.74, 6) is -5.05. The molecule has 0 unspecified atom stereocenters. The molecule has 0 saturated heterocycles. The van der Waals surface area contributed by atoms with Crippen LogP contribution in [0, 0.1) is 17.5 Å². The van der Waals surface area contributed by atoms with E-state index in [1.165, 1.54) is 0 Å². The highest BCUT2D eigenvalue weighted by molar-refractivity contribution is 7.93. The average molecular weight is 445 g/mol. The molecule has 0 aliphatic carbocycles. The fourth-order valence-electron chi connectivity index (χ4n) is 2.47. The van der Waals surface area contributed by atoms with Crippen molar-refractivity contribution < 1.29 is 35.9 Å². The van der Waals surface area contributed by atoms with Crippen molar-refractivity contribution in [2.75, 3.05) is 24.6 Å². The van der Waals surface area contributed by atoms with Gasteiger partial charge in [0.2, 0.25) is 0 Å². The molecule has 0 radical (unpaired) electrons. The maximum atomic E-state index is 14.3. The van der Waals surface area contributed by atoms with Crippen molar-refractivity contribution in [1.82, 2.24) is 19.6 Å². The van der Waals surface area contributed by atoms with Crippen LogP contribution in [0.25, 0.3) is 5.65 Å². The van der Waals surface area contributed by atoms with Gasteiger partial charge in [0.1, 0.15) is 12.3 Å². The SMILES string of the molecule is CCOc1ncc(F)c2nc(S(=O)(=O)N(C(=O)COC)c3c(F)cccc3F)nn12. The van der Waals surface area contributed by atoms with Crippen LogP contribution in [0.2, 0.25) is 0 Å². The number of carbonyl (C=O) groups is 1. The number of sulfonamides is 1. The number of para-hydroxylation sites is 1. The molecule has 14 heteroatoms. The Balaban J connectivity index is 2.25. The molecular weight excluding hydrogens is 431 g/mol. The second-order valence-electron chi connectivity index (χ2n) is 5.62. The van der Waals surface area contributed by atoms with Gasteiger partial charge in [-0.1, -0.05) is 6.07 Å². The molecule has 30 heavy (non-hydrogen) atoms. The number of nitrogens with zero attached hydrogens (tertiary/aromatic N) is 5. The van der Waals surface area contributed by atoms with Gasteiger partial charge < -0.3 is 9.47 Å². The highest BCUT2D eigenvalue weighted by Crippen LogP contribution is 2.29. The van der Waals surface area contributed by atoms with Gasteiger partial charge in [-0.05, 0) is 19.1 Å². The lowest BCUT2D eigenvalue weighted by atomic mass is 10.3. The van der Waals surface area contributed by atoms with Crippen LogP contribution < -0.4 is 9.04 Å². The molecule has 0 spiro atoms. The molecule has 2 aromatic heterocycles. The molecule has 10 nitrogen and oxygen atoms in total. The van der Waals surface area contributed by atoms with Crippen LogP contribution in [0.4, 0.5) is 18.9 Å². The average Bonchev–Trinajstić information content (AvgIpc) is 3.14. The topological polar surface area (TPSA) is 116 Å². The lowest BCUT2D eigenvalue weighted by molar-refractivity contribution is -0.121. The van der Waals surface area contributed by atoms with Gasteiger partial charge in [0.15, 0.2) is 23.1 Å². The van der Waals surface area contributed by atoms with Gasteiger partial charge in [-0.15, -0.1) is 5.10 Å². The summed E-state index contributed by atoms with van der Waals surface area (Å²) in [6, 6.07) is 2.22. The summed E-state index contributed by atoms with van der Waals surface area (Å²) in [6.07, 6.45) is 0.732. The summed E-state index contributed by atoms with van der Waals surface area (Å²) in [5.41, 5.74) is -1.76. The smallest absolute Gasteiger partial charge is 0.319 e. The summed E-state index contributed by atoms with van der Waals surface area (Å²) in [4.78, 5) is 19.6. The lowest BCUT2D eigenvalue weighted by Crippen LogP contribution is -2.41. The Hall–Kier alpha value is -3.26. The number of ether oxygens (including phenoxy) is 2. The number of methoxy groups -OCH3 is 1. The van der Waals surface area contributed by atoms with E-state index in [0.29, 0.717) is 4.52 Å². The normalized spacial score (nSPS) is 11.6. The number of hydrogen-bond donors (Lipinski definition) is 0. The number of benzene rings is 1. The monoisotopic (exact) mass is 445 g/mol. The number of amides is 1. The number of carbonyl (C=O) groups excluding carboxylic acids is 1. The molecule has 3 rings (SSSR count). The van der Waals surface area contributed by atoms with Gasteiger partial charge in [0.25, 0.3) is 11.1 Å². The first-order valence-electron chi connectivity index (χ1n) is 8.27. The zero-order valence-electron chi connectivity index (χ0n) is 15.5. The van der Waals surface area contributed by atoms with Gasteiger partial charge in [-0.2, -0.15) is 22.2 Å². The zero-order valence-corrected chi connectivity index (χ0v) is 16.4. The van der Waals surface area contributed by atoms with Gasteiger partial charge in [0.05, 0.1) is 12.8 Å². The van der Waals surface area contributed by atoms with E-state index >= 15 is 0 Å². The molecule has 0 bridgehead atoms. The Bertz CT molecular complexity index is 1200. The largest absolute Gasteiger partial charge is 0.464 e. The van der Waals surface area contributed by atoms with Gasteiger partial charge >= 0.3 is 16.0 Å². The second-order valence-corrected chi connectivity index (χ2v) is 7.30.